The van der Waals surface area contributed by atoms with Crippen LogP contribution in [0.5, 0.6) is 0 Å². The molecule has 0 saturated heterocycles. The van der Waals surface area contributed by atoms with E-state index >= 15 is 0 Å². The fraction of sp³-hybridized carbons (Fsp3) is 0.250. The molecule has 0 fully saturated rings. The topological polar surface area (TPSA) is 62.2 Å². The van der Waals surface area contributed by atoms with Gasteiger partial charge in [-0.1, -0.05) is 35.5 Å². The van der Waals surface area contributed by atoms with Gasteiger partial charge >= 0.3 is 5.97 Å². The number of carboxylic acids is 1. The molecule has 29 heavy (non-hydrogen) atoms. The molecular weight excluding hydrogens is 380 g/mol. The molecule has 2 aromatic carbocycles. The number of aryl methyl sites for hydroxylation is 3. The first-order valence-electron chi connectivity index (χ1n) is 9.78. The summed E-state index contributed by atoms with van der Waals surface area (Å²) in [6.07, 6.45) is 8.17. The molecule has 0 saturated carbocycles. The predicted molar refractivity (Wildman–Crippen MR) is 119 cm³/mol. The van der Waals surface area contributed by atoms with E-state index in [9.17, 15) is 4.79 Å². The van der Waals surface area contributed by atoms with Gasteiger partial charge < -0.3 is 10.4 Å². The number of carbonyl (C=O) groups is 1. The first-order valence-corrected chi connectivity index (χ1v) is 10.6. The van der Waals surface area contributed by atoms with Crippen LogP contribution in [0.4, 0.5) is 5.69 Å². The first-order chi connectivity index (χ1) is 14.1. The Hall–Kier alpha value is -2.79. The number of carboxylic acid groups (broad SMARTS) is 1. The molecule has 0 radical (unpaired) electrons. The van der Waals surface area contributed by atoms with Crippen LogP contribution < -0.4 is 5.32 Å². The van der Waals surface area contributed by atoms with Crippen molar-refractivity contribution in [2.45, 2.75) is 42.4 Å². The highest BCUT2D eigenvalue weighted by Crippen LogP contribution is 2.31. The van der Waals surface area contributed by atoms with Gasteiger partial charge in [0.2, 0.25) is 0 Å². The van der Waals surface area contributed by atoms with Crippen LogP contribution in [0.2, 0.25) is 0 Å². The van der Waals surface area contributed by atoms with Crippen LogP contribution in [0.25, 0.3) is 0 Å². The molecule has 4 nitrogen and oxygen atoms in total. The molecule has 1 aliphatic rings. The number of anilines is 1. The third-order valence-electron chi connectivity index (χ3n) is 4.87. The van der Waals surface area contributed by atoms with Crippen LogP contribution in [0.3, 0.4) is 0 Å². The second kappa shape index (κ2) is 10.1. The number of fused-ring (bicyclic) bond motifs is 1. The van der Waals surface area contributed by atoms with Crippen molar-refractivity contribution < 1.29 is 9.90 Å². The molecular formula is C24H26N2O2S. The Kier molecular flexibility index (Phi) is 7.30. The van der Waals surface area contributed by atoms with E-state index in [1.807, 2.05) is 11.8 Å². The number of aromatic carboxylic acids is 1. The van der Waals surface area contributed by atoms with Gasteiger partial charge in [-0.25, -0.2) is 4.79 Å². The van der Waals surface area contributed by atoms with E-state index < -0.39 is 5.97 Å². The standard InChI is InChI=1S/C17H18S.C7H8N2O2/c1-13-5-4-8-16(11-13)18-17-10-9-14-6-2-3-7-15(14)12-17;1-8-6-4-9-3-2-5(6)7(10)11/h4-5,8-12H,2-3,6-7H2,1H3;2-4,8H,1H3,(H,10,11). The molecule has 0 unspecified atom stereocenters. The van der Waals surface area contributed by atoms with Crippen molar-refractivity contribution in [1.82, 2.24) is 4.98 Å². The van der Waals surface area contributed by atoms with Gasteiger partial charge in [-0.15, -0.1) is 0 Å². The lowest BCUT2D eigenvalue weighted by Gasteiger charge is -2.16. The molecule has 3 aromatic rings. The van der Waals surface area contributed by atoms with Crippen molar-refractivity contribution in [3.63, 3.8) is 0 Å². The molecule has 1 heterocycles. The lowest BCUT2D eigenvalue weighted by atomic mass is 9.92. The van der Waals surface area contributed by atoms with E-state index in [0.29, 0.717) is 5.69 Å². The van der Waals surface area contributed by atoms with E-state index in [4.69, 9.17) is 5.11 Å². The van der Waals surface area contributed by atoms with Crippen molar-refractivity contribution in [2.24, 2.45) is 0 Å². The number of hydrogen-bond acceptors (Lipinski definition) is 4. The molecule has 0 aliphatic heterocycles. The smallest absolute Gasteiger partial charge is 0.337 e. The van der Waals surface area contributed by atoms with Crippen molar-refractivity contribution >= 4 is 23.4 Å². The van der Waals surface area contributed by atoms with E-state index in [2.05, 4.69) is 59.7 Å². The Morgan fingerprint density at radius 3 is 2.48 bits per heavy atom. The molecule has 0 bridgehead atoms. The third kappa shape index (κ3) is 5.84. The molecule has 1 aliphatic carbocycles. The van der Waals surface area contributed by atoms with E-state index in [-0.39, 0.29) is 5.56 Å². The number of aromatic nitrogens is 1. The molecule has 0 amide bonds. The van der Waals surface area contributed by atoms with E-state index in [0.717, 1.165) is 0 Å². The summed E-state index contributed by atoms with van der Waals surface area (Å²) in [6.45, 7) is 2.15. The number of nitrogens with one attached hydrogen (secondary N) is 1. The zero-order chi connectivity index (χ0) is 20.6. The van der Waals surface area contributed by atoms with Crippen LogP contribution in [0.1, 0.15) is 39.9 Å². The van der Waals surface area contributed by atoms with Gasteiger partial charge in [0.1, 0.15) is 0 Å². The minimum atomic E-state index is -0.947. The predicted octanol–water partition coefficient (Wildman–Crippen LogP) is 5.85. The summed E-state index contributed by atoms with van der Waals surface area (Å²) in [7, 11) is 1.66. The lowest BCUT2D eigenvalue weighted by Crippen LogP contribution is -2.02. The number of pyridine rings is 1. The fourth-order valence-corrected chi connectivity index (χ4v) is 4.37. The Balaban J connectivity index is 0.000000188. The quantitative estimate of drug-likeness (QED) is 0.569. The monoisotopic (exact) mass is 406 g/mol. The van der Waals surface area contributed by atoms with Crippen molar-refractivity contribution in [2.75, 3.05) is 12.4 Å². The highest BCUT2D eigenvalue weighted by atomic mass is 32.2. The van der Waals surface area contributed by atoms with Crippen molar-refractivity contribution in [1.29, 1.82) is 0 Å². The summed E-state index contributed by atoms with van der Waals surface area (Å²) >= 11 is 1.87. The summed E-state index contributed by atoms with van der Waals surface area (Å²) < 4.78 is 0. The zero-order valence-electron chi connectivity index (χ0n) is 16.8. The van der Waals surface area contributed by atoms with Gasteiger partial charge in [0.05, 0.1) is 17.4 Å². The maximum absolute atomic E-state index is 10.5. The number of rotatable bonds is 4. The summed E-state index contributed by atoms with van der Waals surface area (Å²) in [4.78, 5) is 17.0. The normalized spacial score (nSPS) is 12.3. The molecule has 0 atom stereocenters. The Morgan fingerprint density at radius 1 is 1.03 bits per heavy atom. The average molecular weight is 407 g/mol. The van der Waals surface area contributed by atoms with Crippen LogP contribution in [-0.2, 0) is 12.8 Å². The maximum atomic E-state index is 10.5. The second-order valence-electron chi connectivity index (χ2n) is 7.03. The average Bonchev–Trinajstić information content (AvgIpc) is 2.74. The lowest BCUT2D eigenvalue weighted by molar-refractivity contribution is 0.0698. The van der Waals surface area contributed by atoms with E-state index in [1.54, 1.807) is 18.2 Å². The Morgan fingerprint density at radius 2 is 1.79 bits per heavy atom. The van der Waals surface area contributed by atoms with Gasteiger partial charge in [-0.3, -0.25) is 4.98 Å². The van der Waals surface area contributed by atoms with Crippen molar-refractivity contribution in [3.8, 4) is 0 Å². The molecule has 0 spiro atoms. The number of nitrogens with zero attached hydrogens (tertiary/aromatic N) is 1. The van der Waals surface area contributed by atoms with Gasteiger partial charge in [0.15, 0.2) is 0 Å². The van der Waals surface area contributed by atoms with Gasteiger partial charge in [-0.05, 0) is 74.1 Å². The SMILES string of the molecule is CNc1cnccc1C(=O)O.Cc1cccc(Sc2ccc3c(c2)CCCC3)c1. The first kappa shape index (κ1) is 20.9. The van der Waals surface area contributed by atoms with Gasteiger partial charge in [-0.2, -0.15) is 0 Å². The summed E-state index contributed by atoms with van der Waals surface area (Å²) in [6, 6.07) is 17.2. The molecule has 4 rings (SSSR count). The highest BCUT2D eigenvalue weighted by Gasteiger charge is 2.10. The third-order valence-corrected chi connectivity index (χ3v) is 5.85. The molecule has 150 valence electrons. The maximum Gasteiger partial charge on any atom is 0.337 e. The minimum Gasteiger partial charge on any atom is -0.478 e. The van der Waals surface area contributed by atoms with Gasteiger partial charge in [0, 0.05) is 23.0 Å². The number of benzene rings is 2. The molecule has 5 heteroatoms. The summed E-state index contributed by atoms with van der Waals surface area (Å²) in [5.74, 6) is -0.947. The number of hydrogen-bond donors (Lipinski definition) is 2. The largest absolute Gasteiger partial charge is 0.478 e. The van der Waals surface area contributed by atoms with Crippen LogP contribution in [0.15, 0.2) is 70.7 Å². The summed E-state index contributed by atoms with van der Waals surface area (Å²) in [5.41, 5.74) is 5.23. The van der Waals surface area contributed by atoms with Crippen LogP contribution in [-0.4, -0.2) is 23.1 Å². The molecule has 1 aromatic heterocycles. The van der Waals surface area contributed by atoms with Crippen molar-refractivity contribution in [3.05, 3.63) is 83.2 Å². The second-order valence-corrected chi connectivity index (χ2v) is 8.18. The minimum absolute atomic E-state index is 0.238. The highest BCUT2D eigenvalue weighted by molar-refractivity contribution is 7.99. The van der Waals surface area contributed by atoms with Crippen LogP contribution >= 0.6 is 11.8 Å². The molecule has 2 N–H and O–H groups in total. The fourth-order valence-electron chi connectivity index (χ4n) is 3.37. The zero-order valence-corrected chi connectivity index (χ0v) is 17.6. The Labute approximate surface area is 176 Å². The summed E-state index contributed by atoms with van der Waals surface area (Å²) in [5, 5.41) is 11.4. The van der Waals surface area contributed by atoms with E-state index in [1.165, 1.54) is 59.5 Å². The Bertz CT molecular complexity index is 988. The van der Waals surface area contributed by atoms with Crippen LogP contribution in [0, 0.1) is 6.92 Å². The van der Waals surface area contributed by atoms with Gasteiger partial charge in [0.25, 0.3) is 0 Å².